The maximum absolute atomic E-state index is 6.16. The fourth-order valence-electron chi connectivity index (χ4n) is 3.58. The maximum Gasteiger partial charge on any atom is 0.0401 e. The molecule has 2 N–H and O–H groups in total. The van der Waals surface area contributed by atoms with Crippen LogP contribution in [0.25, 0.3) is 0 Å². The van der Waals surface area contributed by atoms with Crippen molar-refractivity contribution in [2.24, 2.45) is 5.73 Å². The van der Waals surface area contributed by atoms with Crippen molar-refractivity contribution in [3.8, 4) is 0 Å². The minimum absolute atomic E-state index is 0.416. The molecule has 1 heterocycles. The fraction of sp³-hybridized carbons (Fsp3) is 0.625. The highest BCUT2D eigenvalue weighted by molar-refractivity contribution is 5.55. The summed E-state index contributed by atoms with van der Waals surface area (Å²) in [6.45, 7) is 1.22. The lowest BCUT2D eigenvalue weighted by Crippen LogP contribution is -2.43. The Morgan fingerprint density at radius 3 is 2.83 bits per heavy atom. The van der Waals surface area contributed by atoms with Gasteiger partial charge in [0.2, 0.25) is 0 Å². The molecular formula is C16H24N2. The molecule has 2 nitrogen and oxygen atoms in total. The molecule has 1 aliphatic heterocycles. The number of nitrogens with zero attached hydrogens (tertiary/aromatic N) is 1. The molecule has 0 spiro atoms. The Morgan fingerprint density at radius 2 is 1.94 bits per heavy atom. The van der Waals surface area contributed by atoms with E-state index in [1.54, 1.807) is 0 Å². The second kappa shape index (κ2) is 5.31. The third-order valence-electron chi connectivity index (χ3n) is 4.52. The molecule has 98 valence electrons. The van der Waals surface area contributed by atoms with Crippen molar-refractivity contribution in [1.29, 1.82) is 0 Å². The van der Waals surface area contributed by atoms with Crippen molar-refractivity contribution >= 4 is 5.69 Å². The van der Waals surface area contributed by atoms with E-state index >= 15 is 0 Å². The summed E-state index contributed by atoms with van der Waals surface area (Å²) >= 11 is 0. The third kappa shape index (κ3) is 2.39. The first-order chi connectivity index (χ1) is 8.84. The van der Waals surface area contributed by atoms with E-state index < -0.39 is 0 Å². The highest BCUT2D eigenvalue weighted by Gasteiger charge is 2.27. The number of aryl methyl sites for hydroxylation is 1. The number of hydrogen-bond acceptors (Lipinski definition) is 2. The summed E-state index contributed by atoms with van der Waals surface area (Å²) in [6, 6.07) is 10.1. The van der Waals surface area contributed by atoms with E-state index in [-0.39, 0.29) is 0 Å². The fourth-order valence-corrected chi connectivity index (χ4v) is 3.58. The van der Waals surface area contributed by atoms with Crippen LogP contribution in [0.1, 0.15) is 44.1 Å². The highest BCUT2D eigenvalue weighted by Crippen LogP contribution is 2.32. The molecule has 3 rings (SSSR count). The Labute approximate surface area is 110 Å². The molecule has 1 fully saturated rings. The van der Waals surface area contributed by atoms with Crippen LogP contribution in [0, 0.1) is 0 Å². The quantitative estimate of drug-likeness (QED) is 0.822. The van der Waals surface area contributed by atoms with Crippen molar-refractivity contribution in [1.82, 2.24) is 0 Å². The SMILES string of the molecule is NC1CCCC(N2CCCCc3ccccc32)C1. The summed E-state index contributed by atoms with van der Waals surface area (Å²) < 4.78 is 0. The molecule has 2 heteroatoms. The number of para-hydroxylation sites is 1. The van der Waals surface area contributed by atoms with Gasteiger partial charge in [-0.2, -0.15) is 0 Å². The Morgan fingerprint density at radius 1 is 1.06 bits per heavy atom. The van der Waals surface area contributed by atoms with Crippen LogP contribution < -0.4 is 10.6 Å². The normalized spacial score (nSPS) is 28.6. The third-order valence-corrected chi connectivity index (χ3v) is 4.52. The molecule has 1 aromatic rings. The molecule has 0 bridgehead atoms. The molecule has 2 aliphatic rings. The van der Waals surface area contributed by atoms with Crippen LogP contribution in [-0.4, -0.2) is 18.6 Å². The van der Waals surface area contributed by atoms with Crippen LogP contribution in [0.15, 0.2) is 24.3 Å². The van der Waals surface area contributed by atoms with E-state index in [1.165, 1.54) is 62.7 Å². The summed E-state index contributed by atoms with van der Waals surface area (Å²) in [5, 5.41) is 0. The van der Waals surface area contributed by atoms with Crippen LogP contribution in [0.4, 0.5) is 5.69 Å². The predicted molar refractivity (Wildman–Crippen MR) is 77.0 cm³/mol. The largest absolute Gasteiger partial charge is 0.368 e. The Balaban J connectivity index is 1.86. The lowest BCUT2D eigenvalue weighted by atomic mass is 9.90. The molecule has 0 aromatic heterocycles. The number of nitrogens with two attached hydrogens (primary N) is 1. The van der Waals surface area contributed by atoms with Gasteiger partial charge in [0, 0.05) is 24.3 Å². The van der Waals surface area contributed by atoms with Crippen molar-refractivity contribution in [3.05, 3.63) is 29.8 Å². The van der Waals surface area contributed by atoms with Gasteiger partial charge in [-0.15, -0.1) is 0 Å². The maximum atomic E-state index is 6.16. The van der Waals surface area contributed by atoms with Gasteiger partial charge in [0.25, 0.3) is 0 Å². The summed E-state index contributed by atoms with van der Waals surface area (Å²) in [6.07, 6.45) is 8.89. The molecular weight excluding hydrogens is 220 g/mol. The van der Waals surface area contributed by atoms with Crippen LogP contribution in [0.5, 0.6) is 0 Å². The average molecular weight is 244 g/mol. The van der Waals surface area contributed by atoms with Gasteiger partial charge in [0.05, 0.1) is 0 Å². The summed E-state index contributed by atoms with van der Waals surface area (Å²) in [4.78, 5) is 2.65. The molecule has 1 aliphatic carbocycles. The van der Waals surface area contributed by atoms with E-state index in [9.17, 15) is 0 Å². The van der Waals surface area contributed by atoms with Crippen molar-refractivity contribution in [2.45, 2.75) is 57.0 Å². The molecule has 0 radical (unpaired) electrons. The monoisotopic (exact) mass is 244 g/mol. The van der Waals surface area contributed by atoms with E-state index in [0.29, 0.717) is 12.1 Å². The van der Waals surface area contributed by atoms with Gasteiger partial charge >= 0.3 is 0 Å². The second-order valence-corrected chi connectivity index (χ2v) is 5.86. The zero-order valence-corrected chi connectivity index (χ0v) is 11.1. The Bertz CT molecular complexity index is 402. The van der Waals surface area contributed by atoms with Gasteiger partial charge in [0.1, 0.15) is 0 Å². The van der Waals surface area contributed by atoms with Gasteiger partial charge in [-0.1, -0.05) is 18.2 Å². The van der Waals surface area contributed by atoms with E-state index in [1.807, 2.05) is 0 Å². The smallest absolute Gasteiger partial charge is 0.0401 e. The summed E-state index contributed by atoms with van der Waals surface area (Å²) in [7, 11) is 0. The van der Waals surface area contributed by atoms with Crippen molar-refractivity contribution < 1.29 is 0 Å². The molecule has 0 amide bonds. The van der Waals surface area contributed by atoms with Crippen molar-refractivity contribution in [3.63, 3.8) is 0 Å². The molecule has 0 saturated heterocycles. The second-order valence-electron chi connectivity index (χ2n) is 5.86. The van der Waals surface area contributed by atoms with E-state index in [4.69, 9.17) is 5.73 Å². The van der Waals surface area contributed by atoms with E-state index in [0.717, 1.165) is 0 Å². The predicted octanol–water partition coefficient (Wildman–Crippen LogP) is 3.10. The minimum atomic E-state index is 0.416. The standard InChI is InChI=1S/C16H24N2/c17-14-8-5-9-15(12-14)18-11-4-3-7-13-6-1-2-10-16(13)18/h1-2,6,10,14-15H,3-5,7-9,11-12,17H2. The lowest BCUT2D eigenvalue weighted by molar-refractivity contribution is 0.372. The molecule has 1 saturated carbocycles. The topological polar surface area (TPSA) is 29.3 Å². The zero-order chi connectivity index (χ0) is 12.4. The molecule has 18 heavy (non-hydrogen) atoms. The summed E-state index contributed by atoms with van der Waals surface area (Å²) in [5.74, 6) is 0. The van der Waals surface area contributed by atoms with Crippen LogP contribution in [0.2, 0.25) is 0 Å². The van der Waals surface area contributed by atoms with Crippen LogP contribution in [0.3, 0.4) is 0 Å². The molecule has 2 unspecified atom stereocenters. The first kappa shape index (κ1) is 12.0. The number of hydrogen-bond donors (Lipinski definition) is 1. The average Bonchev–Trinajstić information content (AvgIpc) is 2.61. The van der Waals surface area contributed by atoms with Gasteiger partial charge < -0.3 is 10.6 Å². The first-order valence-electron chi connectivity index (χ1n) is 7.45. The number of anilines is 1. The van der Waals surface area contributed by atoms with E-state index in [2.05, 4.69) is 29.2 Å². The zero-order valence-electron chi connectivity index (χ0n) is 11.1. The van der Waals surface area contributed by atoms with Gasteiger partial charge in [-0.25, -0.2) is 0 Å². The highest BCUT2D eigenvalue weighted by atomic mass is 15.2. The Hall–Kier alpha value is -1.02. The number of fused-ring (bicyclic) bond motifs is 1. The summed E-state index contributed by atoms with van der Waals surface area (Å²) in [5.41, 5.74) is 9.18. The number of benzene rings is 1. The Kier molecular flexibility index (Phi) is 3.55. The number of rotatable bonds is 1. The molecule has 2 atom stereocenters. The van der Waals surface area contributed by atoms with Gasteiger partial charge in [-0.3, -0.25) is 0 Å². The molecule has 1 aromatic carbocycles. The van der Waals surface area contributed by atoms with Crippen LogP contribution >= 0.6 is 0 Å². The van der Waals surface area contributed by atoms with Crippen molar-refractivity contribution in [2.75, 3.05) is 11.4 Å². The van der Waals surface area contributed by atoms with Crippen LogP contribution in [-0.2, 0) is 6.42 Å². The van der Waals surface area contributed by atoms with Gasteiger partial charge in [0.15, 0.2) is 0 Å². The minimum Gasteiger partial charge on any atom is -0.368 e. The van der Waals surface area contributed by atoms with Gasteiger partial charge in [-0.05, 0) is 56.6 Å². The lowest BCUT2D eigenvalue weighted by Gasteiger charge is -2.38. The first-order valence-corrected chi connectivity index (χ1v) is 7.45.